The third kappa shape index (κ3) is 1.71. The smallest absolute Gasteiger partial charge is 0.0956 e. The molecule has 1 N–H and O–H groups in total. The molecule has 1 aromatic carbocycles. The fourth-order valence-electron chi connectivity index (χ4n) is 4.33. The average Bonchev–Trinajstić information content (AvgIpc) is 3.22. The Labute approximate surface area is 134 Å². The fourth-order valence-corrected chi connectivity index (χ4v) is 4.33. The van der Waals surface area contributed by atoms with Crippen LogP contribution in [0.2, 0.25) is 0 Å². The second-order valence-electron chi connectivity index (χ2n) is 6.57. The molecule has 0 fully saturated rings. The summed E-state index contributed by atoms with van der Waals surface area (Å²) in [6, 6.07) is 8.62. The highest BCUT2D eigenvalue weighted by molar-refractivity contribution is 5.69. The van der Waals surface area contributed by atoms with Crippen molar-refractivity contribution in [1.82, 2.24) is 19.3 Å². The van der Waals surface area contributed by atoms with Crippen LogP contribution in [0.3, 0.4) is 0 Å². The molecule has 5 heteroatoms. The summed E-state index contributed by atoms with van der Waals surface area (Å²) < 4.78 is 4.03. The number of nitrogens with zero attached hydrogens (tertiary/aromatic N) is 4. The zero-order valence-electron chi connectivity index (χ0n) is 12.9. The first-order valence-electron chi connectivity index (χ1n) is 8.05. The molecule has 0 amide bonds. The van der Waals surface area contributed by atoms with Gasteiger partial charge in [-0.1, -0.05) is 24.3 Å². The van der Waals surface area contributed by atoms with Gasteiger partial charge in [-0.3, -0.25) is 4.68 Å². The Kier molecular flexibility index (Phi) is 2.59. The zero-order chi connectivity index (χ0) is 15.6. The minimum Gasteiger partial charge on any atom is -0.388 e. The maximum Gasteiger partial charge on any atom is 0.0956 e. The first kappa shape index (κ1) is 13.1. The molecule has 0 radical (unpaired) electrons. The Balaban J connectivity index is 1.63. The summed E-state index contributed by atoms with van der Waals surface area (Å²) in [5.41, 5.74) is 5.69. The number of fused-ring (bicyclic) bond motifs is 4. The van der Waals surface area contributed by atoms with Gasteiger partial charge in [-0.2, -0.15) is 5.10 Å². The zero-order valence-corrected chi connectivity index (χ0v) is 12.9. The van der Waals surface area contributed by atoms with Crippen LogP contribution in [-0.2, 0) is 13.5 Å². The van der Waals surface area contributed by atoms with Gasteiger partial charge in [-0.15, -0.1) is 0 Å². The van der Waals surface area contributed by atoms with E-state index in [4.69, 9.17) is 0 Å². The van der Waals surface area contributed by atoms with Crippen LogP contribution in [0.15, 0.2) is 43.0 Å². The van der Waals surface area contributed by atoms with Crippen molar-refractivity contribution in [2.24, 2.45) is 13.0 Å². The van der Waals surface area contributed by atoms with Crippen LogP contribution in [0.4, 0.5) is 0 Å². The lowest BCUT2D eigenvalue weighted by molar-refractivity contribution is 0.0718. The third-order valence-electron chi connectivity index (χ3n) is 5.30. The van der Waals surface area contributed by atoms with Gasteiger partial charge >= 0.3 is 0 Å². The topological polar surface area (TPSA) is 55.9 Å². The van der Waals surface area contributed by atoms with Crippen molar-refractivity contribution in [1.29, 1.82) is 0 Å². The number of imidazole rings is 1. The molecule has 23 heavy (non-hydrogen) atoms. The molecular weight excluding hydrogens is 288 g/mol. The van der Waals surface area contributed by atoms with Gasteiger partial charge in [0.05, 0.1) is 36.1 Å². The number of aromatic nitrogens is 4. The van der Waals surface area contributed by atoms with Crippen LogP contribution in [-0.4, -0.2) is 24.4 Å². The van der Waals surface area contributed by atoms with Crippen molar-refractivity contribution >= 4 is 0 Å². The van der Waals surface area contributed by atoms with Crippen LogP contribution in [0.1, 0.15) is 35.4 Å². The molecule has 0 saturated heterocycles. The number of benzene rings is 1. The van der Waals surface area contributed by atoms with Gasteiger partial charge < -0.3 is 9.67 Å². The lowest BCUT2D eigenvalue weighted by Gasteiger charge is -2.33. The molecule has 116 valence electrons. The van der Waals surface area contributed by atoms with Gasteiger partial charge in [-0.05, 0) is 18.4 Å². The molecule has 0 saturated carbocycles. The maximum atomic E-state index is 11.0. The summed E-state index contributed by atoms with van der Waals surface area (Å²) in [7, 11) is 1.92. The van der Waals surface area contributed by atoms with Gasteiger partial charge in [0.25, 0.3) is 0 Å². The van der Waals surface area contributed by atoms with Gasteiger partial charge in [0.2, 0.25) is 0 Å². The monoisotopic (exact) mass is 306 g/mol. The molecule has 3 heterocycles. The molecule has 0 bridgehead atoms. The van der Waals surface area contributed by atoms with Gasteiger partial charge in [0.1, 0.15) is 0 Å². The average molecular weight is 306 g/mol. The lowest BCUT2D eigenvalue weighted by Crippen LogP contribution is -2.28. The standard InChI is InChI=1S/C18H18N4O/c1-21-9-14-15(20-21)7-6-13(18(14)23)17-12-5-3-2-4-11(12)16-8-19-10-22(16)17/h2-5,8-10,13,17-18,23H,6-7H2,1H3. The molecule has 5 nitrogen and oxygen atoms in total. The molecule has 2 aliphatic rings. The minimum absolute atomic E-state index is 0.142. The van der Waals surface area contributed by atoms with E-state index in [9.17, 15) is 5.11 Å². The second-order valence-corrected chi connectivity index (χ2v) is 6.57. The van der Waals surface area contributed by atoms with Crippen LogP contribution in [0, 0.1) is 5.92 Å². The van der Waals surface area contributed by atoms with E-state index < -0.39 is 6.10 Å². The highest BCUT2D eigenvalue weighted by Gasteiger charge is 2.41. The largest absolute Gasteiger partial charge is 0.388 e. The molecule has 5 rings (SSSR count). The normalized spacial score (nSPS) is 25.0. The van der Waals surface area contributed by atoms with E-state index in [-0.39, 0.29) is 12.0 Å². The van der Waals surface area contributed by atoms with Gasteiger partial charge in [0, 0.05) is 30.3 Å². The van der Waals surface area contributed by atoms with Crippen LogP contribution in [0.5, 0.6) is 0 Å². The molecule has 2 aromatic heterocycles. The molecular formula is C18H18N4O. The number of aryl methyl sites for hydroxylation is 2. The molecule has 0 spiro atoms. The highest BCUT2D eigenvalue weighted by Crippen LogP contribution is 2.49. The number of hydrogen-bond donors (Lipinski definition) is 1. The van der Waals surface area contributed by atoms with E-state index in [0.717, 1.165) is 29.8 Å². The predicted octanol–water partition coefficient (Wildman–Crippen LogP) is 2.48. The van der Waals surface area contributed by atoms with Crippen molar-refractivity contribution in [2.45, 2.75) is 25.0 Å². The molecule has 1 aliphatic carbocycles. The highest BCUT2D eigenvalue weighted by atomic mass is 16.3. The summed E-state index contributed by atoms with van der Waals surface area (Å²) in [6.07, 6.45) is 7.14. The van der Waals surface area contributed by atoms with E-state index in [1.165, 1.54) is 11.1 Å². The Morgan fingerprint density at radius 3 is 3.00 bits per heavy atom. The number of aliphatic hydroxyl groups is 1. The Bertz CT molecular complexity index is 894. The van der Waals surface area contributed by atoms with Gasteiger partial charge in [0.15, 0.2) is 0 Å². The summed E-state index contributed by atoms with van der Waals surface area (Å²) in [4.78, 5) is 4.33. The summed E-state index contributed by atoms with van der Waals surface area (Å²) in [5, 5.41) is 15.5. The van der Waals surface area contributed by atoms with E-state index in [1.807, 2.05) is 30.5 Å². The molecule has 3 unspecified atom stereocenters. The van der Waals surface area contributed by atoms with Crippen molar-refractivity contribution < 1.29 is 5.11 Å². The second kappa shape index (κ2) is 4.55. The van der Waals surface area contributed by atoms with Crippen LogP contribution >= 0.6 is 0 Å². The van der Waals surface area contributed by atoms with E-state index in [0.29, 0.717) is 0 Å². The van der Waals surface area contributed by atoms with E-state index in [2.05, 4.69) is 38.9 Å². The Morgan fingerprint density at radius 2 is 2.09 bits per heavy atom. The van der Waals surface area contributed by atoms with Crippen molar-refractivity contribution in [2.75, 3.05) is 0 Å². The Morgan fingerprint density at radius 1 is 1.22 bits per heavy atom. The van der Waals surface area contributed by atoms with Crippen LogP contribution < -0.4 is 0 Å². The van der Waals surface area contributed by atoms with Crippen LogP contribution in [0.25, 0.3) is 11.3 Å². The summed E-state index contributed by atoms with van der Waals surface area (Å²) in [6.45, 7) is 0. The SMILES string of the molecule is Cn1cc2c(n1)CCC(C1c3ccccc3-c3cncn31)C2O. The molecule has 3 aromatic rings. The van der Waals surface area contributed by atoms with Gasteiger partial charge in [-0.25, -0.2) is 4.98 Å². The van der Waals surface area contributed by atoms with Crippen molar-refractivity contribution in [3.63, 3.8) is 0 Å². The summed E-state index contributed by atoms with van der Waals surface area (Å²) in [5.74, 6) is 0.142. The quantitative estimate of drug-likeness (QED) is 0.751. The van der Waals surface area contributed by atoms with E-state index >= 15 is 0 Å². The molecule has 3 atom stereocenters. The number of aliphatic hydroxyl groups excluding tert-OH is 1. The maximum absolute atomic E-state index is 11.0. The fraction of sp³-hybridized carbons (Fsp3) is 0.333. The minimum atomic E-state index is -0.487. The number of rotatable bonds is 1. The lowest BCUT2D eigenvalue weighted by atomic mass is 9.78. The summed E-state index contributed by atoms with van der Waals surface area (Å²) >= 11 is 0. The predicted molar refractivity (Wildman–Crippen MR) is 85.8 cm³/mol. The van der Waals surface area contributed by atoms with E-state index in [1.54, 1.807) is 0 Å². The molecule has 1 aliphatic heterocycles. The Hall–Kier alpha value is -2.40. The number of hydrogen-bond acceptors (Lipinski definition) is 3. The first-order chi connectivity index (χ1) is 11.2. The first-order valence-corrected chi connectivity index (χ1v) is 8.05. The third-order valence-corrected chi connectivity index (χ3v) is 5.30. The van der Waals surface area contributed by atoms with Crippen molar-refractivity contribution in [3.05, 3.63) is 59.8 Å². The van der Waals surface area contributed by atoms with Crippen molar-refractivity contribution in [3.8, 4) is 11.3 Å².